The molecule has 80 valence electrons. The zero-order valence-corrected chi connectivity index (χ0v) is 9.34. The molecule has 0 aromatic rings. The normalized spacial score (nSPS) is 37.4. The number of hydrogen-bond acceptors (Lipinski definition) is 1. The Balaban J connectivity index is 1.88. The van der Waals surface area contributed by atoms with Crippen LogP contribution >= 0.6 is 0 Å². The Hall–Kier alpha value is -0.300. The molecule has 2 aliphatic carbocycles. The van der Waals surface area contributed by atoms with Gasteiger partial charge in [-0.3, -0.25) is 0 Å². The Morgan fingerprint density at radius 3 is 2.79 bits per heavy atom. The largest absolute Gasteiger partial charge is 0.317 e. The van der Waals surface area contributed by atoms with E-state index in [1.165, 1.54) is 38.5 Å². The van der Waals surface area contributed by atoms with Gasteiger partial charge in [0, 0.05) is 6.04 Å². The van der Waals surface area contributed by atoms with Crippen LogP contribution in [0.4, 0.5) is 0 Å². The third kappa shape index (κ3) is 1.88. The van der Waals surface area contributed by atoms with Crippen molar-refractivity contribution >= 4 is 0 Å². The first kappa shape index (κ1) is 10.2. The Morgan fingerprint density at radius 1 is 1.43 bits per heavy atom. The third-order valence-electron chi connectivity index (χ3n) is 4.36. The van der Waals surface area contributed by atoms with Crippen LogP contribution in [0.15, 0.2) is 12.7 Å². The number of allylic oxidation sites excluding steroid dienone is 1. The molecule has 0 aromatic carbocycles. The van der Waals surface area contributed by atoms with Gasteiger partial charge in [0.25, 0.3) is 0 Å². The zero-order chi connectivity index (χ0) is 9.97. The summed E-state index contributed by atoms with van der Waals surface area (Å²) in [5, 5.41) is 3.52. The lowest BCUT2D eigenvalue weighted by Gasteiger charge is -2.30. The number of fused-ring (bicyclic) bond motifs is 2. The average Bonchev–Trinajstić information content (AvgIpc) is 2.80. The van der Waals surface area contributed by atoms with Crippen LogP contribution < -0.4 is 5.32 Å². The minimum absolute atomic E-state index is 0.753. The molecule has 2 fully saturated rings. The van der Waals surface area contributed by atoms with Gasteiger partial charge in [0.1, 0.15) is 0 Å². The summed E-state index contributed by atoms with van der Waals surface area (Å²) in [6.45, 7) is 3.81. The maximum atomic E-state index is 3.81. The third-order valence-corrected chi connectivity index (χ3v) is 4.36. The highest BCUT2D eigenvalue weighted by Crippen LogP contribution is 2.49. The molecule has 0 radical (unpaired) electrons. The van der Waals surface area contributed by atoms with E-state index in [1.54, 1.807) is 0 Å². The molecule has 14 heavy (non-hydrogen) atoms. The van der Waals surface area contributed by atoms with Crippen molar-refractivity contribution in [2.45, 2.75) is 44.6 Å². The lowest BCUT2D eigenvalue weighted by molar-refractivity contribution is 0.248. The smallest absolute Gasteiger partial charge is 0.00980 e. The van der Waals surface area contributed by atoms with Crippen molar-refractivity contribution < 1.29 is 0 Å². The molecule has 0 aromatic heterocycles. The van der Waals surface area contributed by atoms with Crippen molar-refractivity contribution in [2.75, 3.05) is 7.05 Å². The van der Waals surface area contributed by atoms with Gasteiger partial charge in [-0.15, -0.1) is 6.58 Å². The molecular formula is C13H23N. The summed E-state index contributed by atoms with van der Waals surface area (Å²) in [4.78, 5) is 0. The number of hydrogen-bond donors (Lipinski definition) is 1. The highest BCUT2D eigenvalue weighted by atomic mass is 14.9. The molecule has 4 unspecified atom stereocenters. The van der Waals surface area contributed by atoms with Gasteiger partial charge in [-0.1, -0.05) is 12.5 Å². The van der Waals surface area contributed by atoms with Crippen molar-refractivity contribution in [1.29, 1.82) is 0 Å². The molecule has 2 saturated carbocycles. The second-order valence-electron chi connectivity index (χ2n) is 5.10. The summed E-state index contributed by atoms with van der Waals surface area (Å²) < 4.78 is 0. The van der Waals surface area contributed by atoms with E-state index in [2.05, 4.69) is 25.0 Å². The standard InChI is InChI=1S/C13H23N/c1-3-4-5-13(14-2)12-9-10-6-7-11(12)8-10/h3,10-14H,1,4-9H2,2H3. The Labute approximate surface area is 88.0 Å². The SMILES string of the molecule is C=CCCC(NC)C1CC2CCC1C2. The van der Waals surface area contributed by atoms with Crippen molar-refractivity contribution in [2.24, 2.45) is 17.8 Å². The van der Waals surface area contributed by atoms with Crippen LogP contribution in [0, 0.1) is 17.8 Å². The van der Waals surface area contributed by atoms with E-state index in [-0.39, 0.29) is 0 Å². The lowest BCUT2D eigenvalue weighted by atomic mass is 9.81. The molecule has 4 atom stereocenters. The van der Waals surface area contributed by atoms with Crippen LogP contribution in [0.3, 0.4) is 0 Å². The maximum Gasteiger partial charge on any atom is 0.00980 e. The predicted octanol–water partition coefficient (Wildman–Crippen LogP) is 2.98. The van der Waals surface area contributed by atoms with Crippen LogP contribution in [-0.2, 0) is 0 Å². The lowest BCUT2D eigenvalue weighted by Crippen LogP contribution is -2.36. The fourth-order valence-electron chi connectivity index (χ4n) is 3.66. The van der Waals surface area contributed by atoms with Crippen molar-refractivity contribution in [3.63, 3.8) is 0 Å². The minimum atomic E-state index is 0.753. The molecule has 0 amide bonds. The van der Waals surface area contributed by atoms with Gasteiger partial charge in [0.05, 0.1) is 0 Å². The molecule has 1 N–H and O–H groups in total. The number of rotatable bonds is 5. The van der Waals surface area contributed by atoms with Crippen molar-refractivity contribution in [3.05, 3.63) is 12.7 Å². The van der Waals surface area contributed by atoms with Gasteiger partial charge in [-0.05, 0) is 56.9 Å². The summed E-state index contributed by atoms with van der Waals surface area (Å²) >= 11 is 0. The summed E-state index contributed by atoms with van der Waals surface area (Å²) in [6.07, 6.45) is 10.5. The monoisotopic (exact) mass is 193 g/mol. The van der Waals surface area contributed by atoms with Crippen LogP contribution in [0.2, 0.25) is 0 Å². The maximum absolute atomic E-state index is 3.81. The minimum Gasteiger partial charge on any atom is -0.317 e. The van der Waals surface area contributed by atoms with E-state index >= 15 is 0 Å². The summed E-state index contributed by atoms with van der Waals surface area (Å²) in [5.74, 6) is 3.09. The average molecular weight is 193 g/mol. The first-order valence-corrected chi connectivity index (χ1v) is 6.13. The van der Waals surface area contributed by atoms with E-state index in [4.69, 9.17) is 0 Å². The van der Waals surface area contributed by atoms with Gasteiger partial charge in [-0.25, -0.2) is 0 Å². The molecule has 2 rings (SSSR count). The van der Waals surface area contributed by atoms with Crippen molar-refractivity contribution in [1.82, 2.24) is 5.32 Å². The molecule has 0 saturated heterocycles. The zero-order valence-electron chi connectivity index (χ0n) is 9.34. The van der Waals surface area contributed by atoms with Crippen LogP contribution in [0.5, 0.6) is 0 Å². The molecule has 1 nitrogen and oxygen atoms in total. The summed E-state index contributed by atoms with van der Waals surface area (Å²) in [6, 6.07) is 0.753. The van der Waals surface area contributed by atoms with E-state index in [0.29, 0.717) is 0 Å². The highest BCUT2D eigenvalue weighted by Gasteiger charge is 2.42. The van der Waals surface area contributed by atoms with Gasteiger partial charge >= 0.3 is 0 Å². The van der Waals surface area contributed by atoms with Crippen molar-refractivity contribution in [3.8, 4) is 0 Å². The summed E-state index contributed by atoms with van der Waals surface area (Å²) in [7, 11) is 2.12. The van der Waals surface area contributed by atoms with Crippen LogP contribution in [-0.4, -0.2) is 13.1 Å². The first-order valence-electron chi connectivity index (χ1n) is 6.13. The fraction of sp³-hybridized carbons (Fsp3) is 0.846. The molecule has 0 spiro atoms. The fourth-order valence-corrected chi connectivity index (χ4v) is 3.66. The second kappa shape index (κ2) is 4.48. The quantitative estimate of drug-likeness (QED) is 0.662. The van der Waals surface area contributed by atoms with Gasteiger partial charge < -0.3 is 5.32 Å². The molecule has 0 aliphatic heterocycles. The highest BCUT2D eigenvalue weighted by molar-refractivity contribution is 4.95. The Morgan fingerprint density at radius 2 is 2.29 bits per heavy atom. The number of nitrogens with one attached hydrogen (secondary N) is 1. The Kier molecular flexibility index (Phi) is 3.27. The van der Waals surface area contributed by atoms with Crippen LogP contribution in [0.25, 0.3) is 0 Å². The molecule has 1 heteroatoms. The molecule has 0 heterocycles. The van der Waals surface area contributed by atoms with Gasteiger partial charge in [0.2, 0.25) is 0 Å². The van der Waals surface area contributed by atoms with Crippen LogP contribution in [0.1, 0.15) is 38.5 Å². The summed E-state index contributed by atoms with van der Waals surface area (Å²) in [5.41, 5.74) is 0. The van der Waals surface area contributed by atoms with E-state index in [1.807, 2.05) is 0 Å². The molecular weight excluding hydrogens is 170 g/mol. The molecule has 2 aliphatic rings. The van der Waals surface area contributed by atoms with E-state index < -0.39 is 0 Å². The van der Waals surface area contributed by atoms with Gasteiger partial charge in [0.15, 0.2) is 0 Å². The molecule has 2 bridgehead atoms. The van der Waals surface area contributed by atoms with Gasteiger partial charge in [-0.2, -0.15) is 0 Å². The van der Waals surface area contributed by atoms with E-state index in [0.717, 1.165) is 23.8 Å². The topological polar surface area (TPSA) is 12.0 Å². The second-order valence-corrected chi connectivity index (χ2v) is 5.10. The van der Waals surface area contributed by atoms with E-state index in [9.17, 15) is 0 Å². The predicted molar refractivity (Wildman–Crippen MR) is 61.2 cm³/mol. The Bertz CT molecular complexity index is 199. The first-order chi connectivity index (χ1) is 6.85.